The number of nitriles is 1. The molecule has 1 N–H and O–H groups in total. The van der Waals surface area contributed by atoms with Gasteiger partial charge in [-0.2, -0.15) is 5.26 Å². The number of carbonyl (C=O) groups is 1. The van der Waals surface area contributed by atoms with E-state index in [2.05, 4.69) is 12.2 Å². The van der Waals surface area contributed by atoms with Gasteiger partial charge in [-0.3, -0.25) is 9.59 Å². The minimum Gasteiger partial charge on any atom is -0.443 e. The van der Waals surface area contributed by atoms with Crippen LogP contribution in [0.2, 0.25) is 0 Å². The van der Waals surface area contributed by atoms with Crippen LogP contribution in [0.25, 0.3) is 11.0 Å². The molecule has 0 bridgehead atoms. The molecule has 1 aromatic heterocycles. The number of para-hydroxylation sites is 1. The molecule has 30 heavy (non-hydrogen) atoms. The Labute approximate surface area is 176 Å². The van der Waals surface area contributed by atoms with Crippen LogP contribution in [0.4, 0.5) is 5.69 Å². The van der Waals surface area contributed by atoms with Crippen LogP contribution in [0.3, 0.4) is 0 Å². The molecular formula is C25H26N2O3. The lowest BCUT2D eigenvalue weighted by atomic mass is 10.0. The molecule has 0 radical (unpaired) electrons. The molecule has 5 heteroatoms. The Hall–Kier alpha value is -3.39. The first-order valence-corrected chi connectivity index (χ1v) is 10.5. The van der Waals surface area contributed by atoms with Crippen molar-refractivity contribution < 1.29 is 9.21 Å². The Morgan fingerprint density at radius 1 is 1.03 bits per heavy atom. The van der Waals surface area contributed by atoms with Crippen LogP contribution in [0.5, 0.6) is 0 Å². The Morgan fingerprint density at radius 3 is 2.50 bits per heavy atom. The van der Waals surface area contributed by atoms with E-state index in [1.807, 2.05) is 30.3 Å². The third kappa shape index (κ3) is 5.36. The van der Waals surface area contributed by atoms with Gasteiger partial charge in [0.25, 0.3) is 5.91 Å². The Morgan fingerprint density at radius 2 is 1.77 bits per heavy atom. The van der Waals surface area contributed by atoms with Gasteiger partial charge in [0, 0.05) is 11.6 Å². The highest BCUT2D eigenvalue weighted by molar-refractivity contribution is 6.07. The van der Waals surface area contributed by atoms with Crippen molar-refractivity contribution in [2.75, 3.05) is 5.32 Å². The fourth-order valence-corrected chi connectivity index (χ4v) is 3.46. The van der Waals surface area contributed by atoms with Crippen LogP contribution in [-0.2, 0) is 6.42 Å². The number of rotatable bonds is 9. The minimum absolute atomic E-state index is 0.0896. The molecule has 2 aromatic carbocycles. The highest BCUT2D eigenvalue weighted by Gasteiger charge is 2.12. The van der Waals surface area contributed by atoms with E-state index in [1.165, 1.54) is 37.7 Å². The lowest BCUT2D eigenvalue weighted by molar-refractivity contribution is 0.102. The zero-order chi connectivity index (χ0) is 21.3. The summed E-state index contributed by atoms with van der Waals surface area (Å²) >= 11 is 0. The average Bonchev–Trinajstić information content (AvgIpc) is 2.77. The van der Waals surface area contributed by atoms with E-state index in [1.54, 1.807) is 18.2 Å². The number of amides is 1. The minimum atomic E-state index is -0.317. The van der Waals surface area contributed by atoms with Crippen molar-refractivity contribution in [3.8, 4) is 6.07 Å². The van der Waals surface area contributed by atoms with Crippen LogP contribution in [0.15, 0.2) is 57.7 Å². The number of anilines is 1. The number of benzene rings is 2. The quantitative estimate of drug-likeness (QED) is 0.457. The van der Waals surface area contributed by atoms with Gasteiger partial charge in [-0.15, -0.1) is 0 Å². The van der Waals surface area contributed by atoms with Crippen LogP contribution in [0.1, 0.15) is 67.1 Å². The van der Waals surface area contributed by atoms with Gasteiger partial charge in [0.1, 0.15) is 6.07 Å². The van der Waals surface area contributed by atoms with E-state index in [0.717, 1.165) is 18.9 Å². The summed E-state index contributed by atoms with van der Waals surface area (Å²) in [7, 11) is 0. The number of carbonyl (C=O) groups excluding carboxylic acids is 1. The van der Waals surface area contributed by atoms with Gasteiger partial charge in [0.2, 0.25) is 5.76 Å². The first kappa shape index (κ1) is 21.3. The molecule has 0 fully saturated rings. The number of hydrogen-bond acceptors (Lipinski definition) is 4. The van der Waals surface area contributed by atoms with Crippen LogP contribution in [0, 0.1) is 11.3 Å². The average molecular weight is 402 g/mol. The summed E-state index contributed by atoms with van der Waals surface area (Å²) in [5.74, 6) is -0.383. The van der Waals surface area contributed by atoms with Gasteiger partial charge < -0.3 is 9.73 Å². The fourth-order valence-electron chi connectivity index (χ4n) is 3.46. The number of nitrogens with zero attached hydrogens (tertiary/aromatic N) is 1. The summed E-state index contributed by atoms with van der Waals surface area (Å²) in [5.41, 5.74) is 2.00. The smallest absolute Gasteiger partial charge is 0.255 e. The van der Waals surface area contributed by atoms with Gasteiger partial charge in [-0.05, 0) is 42.7 Å². The highest BCUT2D eigenvalue weighted by atomic mass is 16.3. The number of aryl methyl sites for hydroxylation is 1. The maximum atomic E-state index is 12.7. The third-order valence-corrected chi connectivity index (χ3v) is 5.15. The normalized spacial score (nSPS) is 10.7. The van der Waals surface area contributed by atoms with E-state index in [9.17, 15) is 9.59 Å². The number of unbranched alkanes of at least 4 members (excludes halogenated alkanes) is 5. The molecule has 0 aliphatic carbocycles. The van der Waals surface area contributed by atoms with Gasteiger partial charge in [-0.1, -0.05) is 57.2 Å². The predicted octanol–water partition coefficient (Wildman–Crippen LogP) is 5.82. The molecule has 0 spiro atoms. The van der Waals surface area contributed by atoms with Crippen molar-refractivity contribution in [1.82, 2.24) is 0 Å². The molecule has 0 aliphatic rings. The second kappa shape index (κ2) is 10.4. The van der Waals surface area contributed by atoms with Crippen molar-refractivity contribution >= 4 is 22.6 Å². The Bertz CT molecular complexity index is 1110. The molecule has 3 rings (SSSR count). The van der Waals surface area contributed by atoms with Crippen molar-refractivity contribution in [3.63, 3.8) is 0 Å². The number of fused-ring (bicyclic) bond motifs is 1. The molecule has 0 aliphatic heterocycles. The number of nitrogens with one attached hydrogen (secondary N) is 1. The molecule has 1 heterocycles. The second-order valence-electron chi connectivity index (χ2n) is 7.44. The fraction of sp³-hybridized carbons (Fsp3) is 0.320. The van der Waals surface area contributed by atoms with E-state index >= 15 is 0 Å². The van der Waals surface area contributed by atoms with Crippen LogP contribution < -0.4 is 10.7 Å². The van der Waals surface area contributed by atoms with Crippen molar-refractivity contribution in [2.24, 2.45) is 0 Å². The lowest BCUT2D eigenvalue weighted by Crippen LogP contribution is -2.13. The topological polar surface area (TPSA) is 83.1 Å². The molecule has 0 saturated carbocycles. The lowest BCUT2D eigenvalue weighted by Gasteiger charge is -2.09. The second-order valence-corrected chi connectivity index (χ2v) is 7.44. The van der Waals surface area contributed by atoms with E-state index in [4.69, 9.17) is 9.68 Å². The van der Waals surface area contributed by atoms with Gasteiger partial charge in [-0.25, -0.2) is 0 Å². The monoisotopic (exact) mass is 402 g/mol. The van der Waals surface area contributed by atoms with E-state index in [0.29, 0.717) is 16.6 Å². The molecule has 0 unspecified atom stereocenters. The zero-order valence-corrected chi connectivity index (χ0v) is 17.2. The van der Waals surface area contributed by atoms with Gasteiger partial charge >= 0.3 is 0 Å². The molecule has 154 valence electrons. The zero-order valence-electron chi connectivity index (χ0n) is 17.2. The van der Waals surface area contributed by atoms with Gasteiger partial charge in [0.05, 0.1) is 11.1 Å². The highest BCUT2D eigenvalue weighted by Crippen LogP contribution is 2.23. The molecule has 0 atom stereocenters. The largest absolute Gasteiger partial charge is 0.443 e. The summed E-state index contributed by atoms with van der Waals surface area (Å²) < 4.78 is 5.48. The predicted molar refractivity (Wildman–Crippen MR) is 119 cm³/mol. The first-order valence-electron chi connectivity index (χ1n) is 10.5. The van der Waals surface area contributed by atoms with Crippen LogP contribution >= 0.6 is 0 Å². The van der Waals surface area contributed by atoms with Crippen molar-refractivity contribution in [1.29, 1.82) is 5.26 Å². The summed E-state index contributed by atoms with van der Waals surface area (Å²) in [5, 5.41) is 12.2. The summed E-state index contributed by atoms with van der Waals surface area (Å²) in [6.07, 6.45) is 8.56. The number of hydrogen-bond donors (Lipinski definition) is 1. The first-order chi connectivity index (χ1) is 14.6. The summed E-state index contributed by atoms with van der Waals surface area (Å²) in [6.45, 7) is 2.22. The van der Waals surface area contributed by atoms with Crippen LogP contribution in [-0.4, -0.2) is 5.91 Å². The SMILES string of the molecule is CCCCCCCCc1ccc(C(=O)Nc2cccc3c(=O)cc(C#N)oc23)cc1. The third-order valence-electron chi connectivity index (χ3n) is 5.15. The Balaban J connectivity index is 1.66. The molecule has 3 aromatic rings. The molecule has 1 amide bonds. The standard InChI is InChI=1S/C25H26N2O3/c1-2-3-4-5-6-7-9-18-12-14-19(15-13-18)25(29)27-22-11-8-10-21-23(28)16-20(17-26)30-24(21)22/h8,10-16H,2-7,9H2,1H3,(H,27,29). The maximum absolute atomic E-state index is 12.7. The maximum Gasteiger partial charge on any atom is 0.255 e. The summed E-state index contributed by atoms with van der Waals surface area (Å²) in [6, 6.07) is 15.5. The molecule has 0 saturated heterocycles. The van der Waals surface area contributed by atoms with Crippen molar-refractivity contribution in [2.45, 2.75) is 51.9 Å². The Kier molecular flexibility index (Phi) is 7.40. The summed E-state index contributed by atoms with van der Waals surface area (Å²) in [4.78, 5) is 24.8. The van der Waals surface area contributed by atoms with Crippen molar-refractivity contribution in [3.05, 3.63) is 75.6 Å². The van der Waals surface area contributed by atoms with E-state index in [-0.39, 0.29) is 22.7 Å². The molecule has 5 nitrogen and oxygen atoms in total. The van der Waals surface area contributed by atoms with E-state index < -0.39 is 0 Å². The molecular weight excluding hydrogens is 376 g/mol. The van der Waals surface area contributed by atoms with Gasteiger partial charge in [0.15, 0.2) is 11.0 Å².